The van der Waals surface area contributed by atoms with Crippen molar-refractivity contribution in [3.8, 4) is 0 Å². The second-order valence-corrected chi connectivity index (χ2v) is 3.17. The fraction of sp³-hybridized carbons (Fsp3) is 0.400. The average Bonchev–Trinajstić information content (AvgIpc) is 2.14. The van der Waals surface area contributed by atoms with Gasteiger partial charge >= 0.3 is 0 Å². The minimum atomic E-state index is -0.233. The Balaban J connectivity index is 2.78. The molecule has 0 fully saturated rings. The molecule has 0 spiro atoms. The molecular weight excluding hydrogens is 191 g/mol. The number of halogens is 2. The molecule has 0 saturated carbocycles. The van der Waals surface area contributed by atoms with E-state index in [-0.39, 0.29) is 11.7 Å². The van der Waals surface area contributed by atoms with Gasteiger partial charge in [-0.3, -0.25) is 0 Å². The van der Waals surface area contributed by atoms with Crippen LogP contribution in [-0.4, -0.2) is 19.6 Å². The van der Waals surface area contributed by atoms with Crippen molar-refractivity contribution in [1.29, 1.82) is 0 Å². The van der Waals surface area contributed by atoms with Crippen molar-refractivity contribution in [3.05, 3.63) is 35.6 Å². The molecule has 3 heteroatoms. The molecule has 0 radical (unpaired) electrons. The Morgan fingerprint density at radius 2 is 2.31 bits per heavy atom. The minimum absolute atomic E-state index is 0.0716. The molecule has 0 amide bonds. The Labute approximate surface area is 82.5 Å². The van der Waals surface area contributed by atoms with E-state index in [9.17, 15) is 4.39 Å². The summed E-state index contributed by atoms with van der Waals surface area (Å²) in [7, 11) is 1.61. The predicted octanol–water partition coefficient (Wildman–Crippen LogP) is 2.79. The smallest absolute Gasteiger partial charge is 0.123 e. The van der Waals surface area contributed by atoms with E-state index >= 15 is 0 Å². The molecule has 0 aliphatic heterocycles. The zero-order valence-electron chi connectivity index (χ0n) is 7.47. The van der Waals surface area contributed by atoms with Crippen LogP contribution in [0.15, 0.2) is 24.3 Å². The summed E-state index contributed by atoms with van der Waals surface area (Å²) >= 11 is 5.73. The maximum atomic E-state index is 12.8. The number of alkyl halides is 1. The summed E-state index contributed by atoms with van der Waals surface area (Å²) < 4.78 is 17.8. The van der Waals surface area contributed by atoms with Crippen LogP contribution in [-0.2, 0) is 4.74 Å². The Bertz CT molecular complexity index is 265. The highest BCUT2D eigenvalue weighted by Crippen LogP contribution is 2.18. The van der Waals surface area contributed by atoms with Crippen LogP contribution in [0.25, 0.3) is 0 Å². The number of methoxy groups -OCH3 is 1. The second kappa shape index (κ2) is 5.20. The maximum Gasteiger partial charge on any atom is 0.123 e. The van der Waals surface area contributed by atoms with Crippen molar-refractivity contribution in [2.24, 2.45) is 0 Å². The van der Waals surface area contributed by atoms with Gasteiger partial charge < -0.3 is 4.74 Å². The SMILES string of the molecule is COCC(CCl)c1cccc(F)c1. The molecule has 0 saturated heterocycles. The van der Waals surface area contributed by atoms with Gasteiger partial charge in [-0.1, -0.05) is 12.1 Å². The summed E-state index contributed by atoms with van der Waals surface area (Å²) in [4.78, 5) is 0. The Morgan fingerprint density at radius 1 is 1.54 bits per heavy atom. The zero-order valence-corrected chi connectivity index (χ0v) is 8.22. The normalized spacial score (nSPS) is 12.8. The standard InChI is InChI=1S/C10H12ClFO/c1-13-7-9(6-11)8-3-2-4-10(12)5-8/h2-5,9H,6-7H2,1H3. The van der Waals surface area contributed by atoms with Crippen molar-refractivity contribution < 1.29 is 9.13 Å². The van der Waals surface area contributed by atoms with Crippen LogP contribution >= 0.6 is 11.6 Å². The number of hydrogen-bond donors (Lipinski definition) is 0. The van der Waals surface area contributed by atoms with E-state index in [0.717, 1.165) is 5.56 Å². The number of rotatable bonds is 4. The van der Waals surface area contributed by atoms with Crippen LogP contribution in [0.4, 0.5) is 4.39 Å². The quantitative estimate of drug-likeness (QED) is 0.683. The molecule has 1 atom stereocenters. The molecule has 0 aromatic heterocycles. The molecule has 0 N–H and O–H groups in total. The van der Waals surface area contributed by atoms with Crippen LogP contribution in [0.2, 0.25) is 0 Å². The monoisotopic (exact) mass is 202 g/mol. The van der Waals surface area contributed by atoms with Gasteiger partial charge in [-0.2, -0.15) is 0 Å². The first kappa shape index (κ1) is 10.5. The fourth-order valence-electron chi connectivity index (χ4n) is 1.19. The van der Waals surface area contributed by atoms with Crippen LogP contribution in [0.1, 0.15) is 11.5 Å². The van der Waals surface area contributed by atoms with Crippen molar-refractivity contribution >= 4 is 11.6 Å². The fourth-order valence-corrected chi connectivity index (χ4v) is 1.46. The molecule has 72 valence electrons. The summed E-state index contributed by atoms with van der Waals surface area (Å²) in [5.74, 6) is 0.281. The molecule has 1 rings (SSSR count). The summed E-state index contributed by atoms with van der Waals surface area (Å²) in [6.07, 6.45) is 0. The molecule has 1 aromatic carbocycles. The van der Waals surface area contributed by atoms with Gasteiger partial charge in [0.1, 0.15) is 5.82 Å². The molecule has 1 aromatic rings. The van der Waals surface area contributed by atoms with E-state index in [1.165, 1.54) is 12.1 Å². The summed E-state index contributed by atoms with van der Waals surface area (Å²) in [6.45, 7) is 0.521. The summed E-state index contributed by atoms with van der Waals surface area (Å²) in [5.41, 5.74) is 0.886. The van der Waals surface area contributed by atoms with E-state index in [1.807, 2.05) is 6.07 Å². The summed E-state index contributed by atoms with van der Waals surface area (Å²) in [5, 5.41) is 0. The Kier molecular flexibility index (Phi) is 4.19. The van der Waals surface area contributed by atoms with Crippen LogP contribution < -0.4 is 0 Å². The van der Waals surface area contributed by atoms with Gasteiger partial charge in [0.2, 0.25) is 0 Å². The van der Waals surface area contributed by atoms with Gasteiger partial charge in [-0.15, -0.1) is 11.6 Å². The number of hydrogen-bond acceptors (Lipinski definition) is 1. The lowest BCUT2D eigenvalue weighted by molar-refractivity contribution is 0.185. The third-order valence-electron chi connectivity index (χ3n) is 1.87. The van der Waals surface area contributed by atoms with E-state index in [1.54, 1.807) is 13.2 Å². The van der Waals surface area contributed by atoms with Gasteiger partial charge in [0, 0.05) is 18.9 Å². The van der Waals surface area contributed by atoms with Gasteiger partial charge in [0.05, 0.1) is 6.61 Å². The van der Waals surface area contributed by atoms with E-state index < -0.39 is 0 Å². The first-order chi connectivity index (χ1) is 6.27. The first-order valence-electron chi connectivity index (χ1n) is 4.08. The number of ether oxygens (including phenoxy) is 1. The van der Waals surface area contributed by atoms with Crippen LogP contribution in [0.3, 0.4) is 0 Å². The maximum absolute atomic E-state index is 12.8. The molecule has 0 bridgehead atoms. The largest absolute Gasteiger partial charge is 0.384 e. The van der Waals surface area contributed by atoms with Gasteiger partial charge in [0.15, 0.2) is 0 Å². The molecule has 13 heavy (non-hydrogen) atoms. The van der Waals surface area contributed by atoms with Crippen LogP contribution in [0, 0.1) is 5.82 Å². The zero-order chi connectivity index (χ0) is 9.68. The molecule has 0 aliphatic rings. The molecule has 0 aliphatic carbocycles. The highest BCUT2D eigenvalue weighted by molar-refractivity contribution is 6.18. The first-order valence-corrected chi connectivity index (χ1v) is 4.61. The minimum Gasteiger partial charge on any atom is -0.384 e. The average molecular weight is 203 g/mol. The molecule has 1 unspecified atom stereocenters. The lowest BCUT2D eigenvalue weighted by atomic mass is 10.0. The summed E-state index contributed by atoms with van der Waals surface area (Å²) in [6, 6.07) is 6.45. The van der Waals surface area contributed by atoms with E-state index in [2.05, 4.69) is 0 Å². The topological polar surface area (TPSA) is 9.23 Å². The van der Waals surface area contributed by atoms with Crippen molar-refractivity contribution in [2.75, 3.05) is 19.6 Å². The van der Waals surface area contributed by atoms with Gasteiger partial charge in [0.25, 0.3) is 0 Å². The van der Waals surface area contributed by atoms with Crippen molar-refractivity contribution in [3.63, 3.8) is 0 Å². The van der Waals surface area contributed by atoms with Crippen molar-refractivity contribution in [1.82, 2.24) is 0 Å². The van der Waals surface area contributed by atoms with Crippen LogP contribution in [0.5, 0.6) is 0 Å². The predicted molar refractivity (Wildman–Crippen MR) is 51.7 cm³/mol. The van der Waals surface area contributed by atoms with Gasteiger partial charge in [-0.25, -0.2) is 4.39 Å². The van der Waals surface area contributed by atoms with Crippen molar-refractivity contribution in [2.45, 2.75) is 5.92 Å². The highest BCUT2D eigenvalue weighted by atomic mass is 35.5. The lowest BCUT2D eigenvalue weighted by Gasteiger charge is -2.12. The second-order valence-electron chi connectivity index (χ2n) is 2.86. The third kappa shape index (κ3) is 2.98. The Hall–Kier alpha value is -0.600. The molecule has 0 heterocycles. The van der Waals surface area contributed by atoms with Gasteiger partial charge in [-0.05, 0) is 17.7 Å². The molecule has 1 nitrogen and oxygen atoms in total. The number of benzene rings is 1. The van der Waals surface area contributed by atoms with E-state index in [0.29, 0.717) is 12.5 Å². The molecular formula is C10H12ClFO. The van der Waals surface area contributed by atoms with E-state index in [4.69, 9.17) is 16.3 Å². The lowest BCUT2D eigenvalue weighted by Crippen LogP contribution is -2.07. The third-order valence-corrected chi connectivity index (χ3v) is 2.25. The highest BCUT2D eigenvalue weighted by Gasteiger charge is 2.10. The Morgan fingerprint density at radius 3 is 2.85 bits per heavy atom.